The van der Waals surface area contributed by atoms with Gasteiger partial charge in [0.05, 0.1) is 43.1 Å². The number of hydrogen-bond donors (Lipinski definition) is 0. The Morgan fingerprint density at radius 2 is 2.18 bits per heavy atom. The van der Waals surface area contributed by atoms with E-state index in [2.05, 4.69) is 11.1 Å². The first-order chi connectivity index (χ1) is 13.6. The Morgan fingerprint density at radius 1 is 1.36 bits per heavy atom. The van der Waals surface area contributed by atoms with E-state index in [1.165, 1.54) is 0 Å². The lowest BCUT2D eigenvalue weighted by molar-refractivity contribution is -0.188. The molecule has 1 amide bonds. The van der Waals surface area contributed by atoms with E-state index in [0.717, 1.165) is 24.2 Å². The summed E-state index contributed by atoms with van der Waals surface area (Å²) >= 11 is 0. The van der Waals surface area contributed by atoms with E-state index in [1.807, 2.05) is 25.1 Å². The predicted octanol–water partition coefficient (Wildman–Crippen LogP) is 2.85. The molecule has 0 saturated carbocycles. The SMILES string of the molecule is Cc1cccc(COC2CCOC3(C2)CN(C(=O)c2cccc(C#N)c2)C3)n1. The molecule has 1 spiro atoms. The number of aromatic nitrogens is 1. The summed E-state index contributed by atoms with van der Waals surface area (Å²) in [6.45, 7) is 4.22. The molecule has 0 radical (unpaired) electrons. The second-order valence-corrected chi connectivity index (χ2v) is 7.58. The number of nitrogens with zero attached hydrogens (tertiary/aromatic N) is 3. The van der Waals surface area contributed by atoms with Gasteiger partial charge in [-0.2, -0.15) is 5.26 Å². The van der Waals surface area contributed by atoms with E-state index in [9.17, 15) is 4.79 Å². The standard InChI is InChI=1S/C22H23N3O3/c1-16-4-2-7-19(24-16)13-27-20-8-9-28-22(11-20)14-25(15-22)21(26)18-6-3-5-17(10-18)12-23/h2-7,10,20H,8-9,11,13-15H2,1H3. The van der Waals surface area contributed by atoms with Crippen LogP contribution in [0.3, 0.4) is 0 Å². The molecule has 2 aliphatic rings. The van der Waals surface area contributed by atoms with Crippen LogP contribution in [0.15, 0.2) is 42.5 Å². The maximum absolute atomic E-state index is 12.7. The summed E-state index contributed by atoms with van der Waals surface area (Å²) in [6, 6.07) is 14.8. The fourth-order valence-electron chi connectivity index (χ4n) is 3.93. The Labute approximate surface area is 164 Å². The molecular weight excluding hydrogens is 354 g/mol. The summed E-state index contributed by atoms with van der Waals surface area (Å²) in [5.74, 6) is -0.0571. The number of nitriles is 1. The molecule has 3 heterocycles. The average molecular weight is 377 g/mol. The van der Waals surface area contributed by atoms with Gasteiger partial charge < -0.3 is 14.4 Å². The first kappa shape index (κ1) is 18.6. The number of aryl methyl sites for hydroxylation is 1. The zero-order valence-electron chi connectivity index (χ0n) is 15.9. The maximum atomic E-state index is 12.7. The van der Waals surface area contributed by atoms with Crippen molar-refractivity contribution in [1.29, 1.82) is 5.26 Å². The quantitative estimate of drug-likeness (QED) is 0.819. The molecule has 6 nitrogen and oxygen atoms in total. The van der Waals surface area contributed by atoms with Crippen LogP contribution >= 0.6 is 0 Å². The molecule has 1 atom stereocenters. The second-order valence-electron chi connectivity index (χ2n) is 7.58. The maximum Gasteiger partial charge on any atom is 0.254 e. The largest absolute Gasteiger partial charge is 0.372 e. The van der Waals surface area contributed by atoms with Crippen molar-refractivity contribution in [1.82, 2.24) is 9.88 Å². The number of likely N-dealkylation sites (tertiary alicyclic amines) is 1. The number of amides is 1. The van der Waals surface area contributed by atoms with E-state index >= 15 is 0 Å². The highest BCUT2D eigenvalue weighted by atomic mass is 16.5. The third kappa shape index (κ3) is 3.91. The van der Waals surface area contributed by atoms with Gasteiger partial charge in [0.2, 0.25) is 0 Å². The summed E-state index contributed by atoms with van der Waals surface area (Å²) in [4.78, 5) is 18.9. The Balaban J connectivity index is 1.33. The first-order valence-electron chi connectivity index (χ1n) is 9.54. The highest BCUT2D eigenvalue weighted by Gasteiger charge is 2.49. The topological polar surface area (TPSA) is 75.5 Å². The van der Waals surface area contributed by atoms with Crippen molar-refractivity contribution >= 4 is 5.91 Å². The van der Waals surface area contributed by atoms with Crippen LogP contribution in [-0.2, 0) is 16.1 Å². The van der Waals surface area contributed by atoms with E-state index in [4.69, 9.17) is 14.7 Å². The van der Waals surface area contributed by atoms with Gasteiger partial charge in [0.25, 0.3) is 5.91 Å². The summed E-state index contributed by atoms with van der Waals surface area (Å²) in [6.07, 6.45) is 1.74. The van der Waals surface area contributed by atoms with Gasteiger partial charge in [-0.3, -0.25) is 9.78 Å². The van der Waals surface area contributed by atoms with Crippen molar-refractivity contribution in [3.05, 3.63) is 65.0 Å². The van der Waals surface area contributed by atoms with Crippen LogP contribution in [0, 0.1) is 18.3 Å². The number of rotatable bonds is 4. The molecule has 1 aromatic carbocycles. The van der Waals surface area contributed by atoms with Crippen LogP contribution in [0.4, 0.5) is 0 Å². The molecule has 6 heteroatoms. The van der Waals surface area contributed by atoms with E-state index in [0.29, 0.717) is 37.4 Å². The van der Waals surface area contributed by atoms with Gasteiger partial charge >= 0.3 is 0 Å². The van der Waals surface area contributed by atoms with Crippen molar-refractivity contribution in [2.75, 3.05) is 19.7 Å². The molecule has 2 saturated heterocycles. The van der Waals surface area contributed by atoms with Crippen molar-refractivity contribution in [3.63, 3.8) is 0 Å². The van der Waals surface area contributed by atoms with Crippen LogP contribution in [-0.4, -0.2) is 47.2 Å². The minimum atomic E-state index is -0.314. The monoisotopic (exact) mass is 377 g/mol. The Morgan fingerprint density at radius 3 is 2.96 bits per heavy atom. The Hall–Kier alpha value is -2.75. The molecule has 0 N–H and O–H groups in total. The number of ether oxygens (including phenoxy) is 2. The normalized spacial score (nSPS) is 20.4. The third-order valence-electron chi connectivity index (χ3n) is 5.34. The Kier molecular flexibility index (Phi) is 5.12. The highest BCUT2D eigenvalue weighted by molar-refractivity contribution is 5.95. The molecule has 1 aromatic heterocycles. The lowest BCUT2D eigenvalue weighted by Gasteiger charge is -2.53. The summed E-state index contributed by atoms with van der Waals surface area (Å²) in [5, 5.41) is 9.02. The van der Waals surface area contributed by atoms with Crippen molar-refractivity contribution in [2.24, 2.45) is 0 Å². The number of carbonyl (C=O) groups excluding carboxylic acids is 1. The lowest BCUT2D eigenvalue weighted by atomic mass is 9.84. The molecule has 2 aromatic rings. The smallest absolute Gasteiger partial charge is 0.254 e. The fourth-order valence-corrected chi connectivity index (χ4v) is 3.93. The lowest BCUT2D eigenvalue weighted by Crippen LogP contribution is -2.67. The molecule has 0 aliphatic carbocycles. The number of benzene rings is 1. The second kappa shape index (κ2) is 7.70. The van der Waals surface area contributed by atoms with Gasteiger partial charge in [-0.15, -0.1) is 0 Å². The molecule has 144 valence electrons. The first-order valence-corrected chi connectivity index (χ1v) is 9.54. The van der Waals surface area contributed by atoms with Crippen LogP contribution in [0.1, 0.15) is 40.2 Å². The van der Waals surface area contributed by atoms with Crippen LogP contribution in [0.2, 0.25) is 0 Å². The van der Waals surface area contributed by atoms with Crippen molar-refractivity contribution in [2.45, 2.75) is 38.1 Å². The minimum absolute atomic E-state index is 0.0571. The molecule has 1 unspecified atom stereocenters. The summed E-state index contributed by atoms with van der Waals surface area (Å²) in [7, 11) is 0. The number of carbonyl (C=O) groups is 1. The van der Waals surface area contributed by atoms with Crippen LogP contribution < -0.4 is 0 Å². The van der Waals surface area contributed by atoms with Gasteiger partial charge in [-0.05, 0) is 43.7 Å². The van der Waals surface area contributed by atoms with Crippen molar-refractivity contribution < 1.29 is 14.3 Å². The van der Waals surface area contributed by atoms with Gasteiger partial charge in [-0.1, -0.05) is 12.1 Å². The third-order valence-corrected chi connectivity index (χ3v) is 5.34. The van der Waals surface area contributed by atoms with Crippen LogP contribution in [0.5, 0.6) is 0 Å². The highest BCUT2D eigenvalue weighted by Crippen LogP contribution is 2.36. The molecule has 2 fully saturated rings. The molecule has 2 aliphatic heterocycles. The summed E-state index contributed by atoms with van der Waals surface area (Å²) in [5.41, 5.74) is 2.64. The summed E-state index contributed by atoms with van der Waals surface area (Å²) < 4.78 is 12.1. The predicted molar refractivity (Wildman–Crippen MR) is 103 cm³/mol. The van der Waals surface area contributed by atoms with E-state index in [-0.39, 0.29) is 17.6 Å². The van der Waals surface area contributed by atoms with Gasteiger partial charge in [0, 0.05) is 24.3 Å². The molecule has 0 bridgehead atoms. The van der Waals surface area contributed by atoms with E-state index in [1.54, 1.807) is 29.2 Å². The zero-order valence-corrected chi connectivity index (χ0v) is 15.9. The fraction of sp³-hybridized carbons (Fsp3) is 0.409. The van der Waals surface area contributed by atoms with Crippen LogP contribution in [0.25, 0.3) is 0 Å². The Bertz CT molecular complexity index is 915. The van der Waals surface area contributed by atoms with Crippen molar-refractivity contribution in [3.8, 4) is 6.07 Å². The zero-order chi connectivity index (χ0) is 19.6. The molecule has 28 heavy (non-hydrogen) atoms. The van der Waals surface area contributed by atoms with Gasteiger partial charge in [0.15, 0.2) is 0 Å². The molecular formula is C22H23N3O3. The van der Waals surface area contributed by atoms with Gasteiger partial charge in [0.1, 0.15) is 5.60 Å². The molecule has 4 rings (SSSR count). The number of pyridine rings is 1. The minimum Gasteiger partial charge on any atom is -0.372 e. The van der Waals surface area contributed by atoms with E-state index < -0.39 is 0 Å². The van der Waals surface area contributed by atoms with Gasteiger partial charge in [-0.25, -0.2) is 0 Å². The average Bonchev–Trinajstić information content (AvgIpc) is 2.70. The number of hydrogen-bond acceptors (Lipinski definition) is 5.